The average Bonchev–Trinajstić information content (AvgIpc) is 3.62. The Balaban J connectivity index is 0.963. The van der Waals surface area contributed by atoms with E-state index in [0.717, 1.165) is 36.0 Å². The summed E-state index contributed by atoms with van der Waals surface area (Å²) in [7, 11) is 0. The monoisotopic (exact) mass is 951 g/mol. The fourth-order valence-corrected chi connectivity index (χ4v) is 16.5. The molecule has 1 heterocycles. The second-order valence-electron chi connectivity index (χ2n) is 22.4. The van der Waals surface area contributed by atoms with Crippen LogP contribution in [0, 0.1) is 12.8 Å². The smallest absolute Gasteiger partial charge is 0.164 e. The highest BCUT2D eigenvalue weighted by atomic mass is 15.0. The van der Waals surface area contributed by atoms with Gasteiger partial charge in [0.05, 0.1) is 0 Å². The van der Waals surface area contributed by atoms with Gasteiger partial charge in [-0.1, -0.05) is 231 Å². The zero-order valence-corrected chi connectivity index (χ0v) is 41.9. The summed E-state index contributed by atoms with van der Waals surface area (Å²) < 4.78 is 0. The van der Waals surface area contributed by atoms with Gasteiger partial charge in [0.2, 0.25) is 0 Å². The van der Waals surface area contributed by atoms with E-state index < -0.39 is 0 Å². The Morgan fingerprint density at radius 1 is 0.324 bits per heavy atom. The van der Waals surface area contributed by atoms with Crippen LogP contribution in [-0.4, -0.2) is 15.0 Å². The Hall–Kier alpha value is -8.01. The molecule has 0 aliphatic heterocycles. The fraction of sp³-hybridized carbons (Fsp3) is 0.197. The lowest BCUT2D eigenvalue weighted by Crippen LogP contribution is -2.66. The second-order valence-corrected chi connectivity index (χ2v) is 22.4. The van der Waals surface area contributed by atoms with Crippen molar-refractivity contribution in [3.63, 3.8) is 0 Å². The van der Waals surface area contributed by atoms with E-state index in [2.05, 4.69) is 195 Å². The molecule has 5 aliphatic carbocycles. The lowest BCUT2D eigenvalue weighted by molar-refractivity contribution is -0.0728. The van der Waals surface area contributed by atoms with Gasteiger partial charge in [-0.05, 0) is 141 Å². The molecule has 0 radical (unpaired) electrons. The summed E-state index contributed by atoms with van der Waals surface area (Å²) in [6, 6.07) is 84.8. The maximum Gasteiger partial charge on any atom is 0.164 e. The van der Waals surface area contributed by atoms with E-state index >= 15 is 0 Å². The molecule has 15 rings (SSSR count). The normalized spacial score (nSPS) is 23.7. The highest BCUT2D eigenvalue weighted by Crippen LogP contribution is 2.77. The molecular formula is C71H57N3. The van der Waals surface area contributed by atoms with Crippen molar-refractivity contribution in [3.8, 4) is 78.7 Å². The minimum atomic E-state index is -0.106. The third-order valence-electron chi connectivity index (χ3n) is 18.8. The van der Waals surface area contributed by atoms with E-state index in [0.29, 0.717) is 35.2 Å². The van der Waals surface area contributed by atoms with Gasteiger partial charge in [-0.25, -0.2) is 15.0 Å². The molecule has 2 spiro atoms. The second kappa shape index (κ2) is 16.8. The lowest BCUT2D eigenvalue weighted by Gasteiger charge is -2.70. The minimum Gasteiger partial charge on any atom is -0.208 e. The van der Waals surface area contributed by atoms with Crippen LogP contribution in [0.1, 0.15) is 90.2 Å². The summed E-state index contributed by atoms with van der Waals surface area (Å²) >= 11 is 0. The first-order valence-corrected chi connectivity index (χ1v) is 27.1. The molecule has 1 aromatic heterocycles. The fourth-order valence-electron chi connectivity index (χ4n) is 16.5. The van der Waals surface area contributed by atoms with Gasteiger partial charge in [0.25, 0.3) is 0 Å². The van der Waals surface area contributed by atoms with Crippen LogP contribution in [0.2, 0.25) is 0 Å². The van der Waals surface area contributed by atoms with Gasteiger partial charge in [-0.2, -0.15) is 0 Å². The predicted octanol–water partition coefficient (Wildman–Crippen LogP) is 17.5. The molecule has 6 atom stereocenters. The molecule has 5 aliphatic rings. The van der Waals surface area contributed by atoms with E-state index in [-0.39, 0.29) is 16.2 Å². The summed E-state index contributed by atoms with van der Waals surface area (Å²) in [5.41, 5.74) is 22.8. The number of hydrogen-bond acceptors (Lipinski definition) is 3. The maximum atomic E-state index is 5.12. The maximum absolute atomic E-state index is 5.12. The first kappa shape index (κ1) is 43.6. The summed E-state index contributed by atoms with van der Waals surface area (Å²) in [5.74, 6) is 3.19. The van der Waals surface area contributed by atoms with Gasteiger partial charge in [0, 0.05) is 32.9 Å². The largest absolute Gasteiger partial charge is 0.208 e. The Morgan fingerprint density at radius 2 is 0.730 bits per heavy atom. The molecular weight excluding hydrogens is 895 g/mol. The number of fused-ring (bicyclic) bond motifs is 10. The summed E-state index contributed by atoms with van der Waals surface area (Å²) in [5, 5.41) is 0. The molecule has 356 valence electrons. The third kappa shape index (κ3) is 6.41. The van der Waals surface area contributed by atoms with E-state index in [1.54, 1.807) is 22.3 Å². The first-order valence-electron chi connectivity index (χ1n) is 27.1. The average molecular weight is 952 g/mol. The van der Waals surface area contributed by atoms with Crippen molar-refractivity contribution < 1.29 is 0 Å². The zero-order chi connectivity index (χ0) is 49.0. The number of aryl methyl sites for hydroxylation is 1. The Kier molecular flexibility index (Phi) is 9.87. The van der Waals surface area contributed by atoms with Crippen molar-refractivity contribution in [1.29, 1.82) is 0 Å². The molecule has 6 unspecified atom stereocenters. The van der Waals surface area contributed by atoms with Crippen molar-refractivity contribution in [2.75, 3.05) is 0 Å². The van der Waals surface area contributed by atoms with Gasteiger partial charge in [0.1, 0.15) is 0 Å². The van der Waals surface area contributed by atoms with Crippen LogP contribution < -0.4 is 0 Å². The van der Waals surface area contributed by atoms with Crippen LogP contribution in [0.3, 0.4) is 0 Å². The standard InChI is InChI=1S/C71H57N3/c1-46-20-8-9-25-53(46)58-29-14-16-33-61(58)69-40-19-41-70-43-52(45-71(68(69)70)44-51(42-69)54-26-10-12-28-57(54)59-30-15-17-34-62(59)71)55-27-11-13-31-60(55)64-56(32-18-35-63(64)70)47-36-38-50(39-37-47)67-73-65(48-21-4-2-5-22-48)72-66(74-67)49-23-6-3-7-24-49/h2-18,20-39,51-52,68H,19,40-45H2,1H3. The van der Waals surface area contributed by atoms with E-state index in [4.69, 9.17) is 15.0 Å². The molecule has 74 heavy (non-hydrogen) atoms. The third-order valence-corrected chi connectivity index (χ3v) is 18.8. The molecule has 10 aromatic rings. The van der Waals surface area contributed by atoms with Crippen LogP contribution in [0.5, 0.6) is 0 Å². The van der Waals surface area contributed by atoms with Crippen molar-refractivity contribution in [2.45, 2.75) is 80.0 Å². The quantitative estimate of drug-likeness (QED) is 0.167. The van der Waals surface area contributed by atoms with Crippen LogP contribution in [0.25, 0.3) is 78.7 Å². The zero-order valence-electron chi connectivity index (χ0n) is 41.9. The van der Waals surface area contributed by atoms with Gasteiger partial charge in [-0.3, -0.25) is 0 Å². The van der Waals surface area contributed by atoms with Gasteiger partial charge < -0.3 is 0 Å². The predicted molar refractivity (Wildman–Crippen MR) is 302 cm³/mol. The van der Waals surface area contributed by atoms with Gasteiger partial charge in [0.15, 0.2) is 17.5 Å². The molecule has 4 bridgehead atoms. The molecule has 3 fully saturated rings. The highest BCUT2D eigenvalue weighted by Gasteiger charge is 2.70. The molecule has 3 heteroatoms. The first-order chi connectivity index (χ1) is 36.5. The summed E-state index contributed by atoms with van der Waals surface area (Å²) in [6.07, 6.45) is 8.19. The minimum absolute atomic E-state index is 0.0885. The van der Waals surface area contributed by atoms with Crippen LogP contribution in [0.4, 0.5) is 0 Å². The van der Waals surface area contributed by atoms with Gasteiger partial charge >= 0.3 is 0 Å². The van der Waals surface area contributed by atoms with Crippen LogP contribution >= 0.6 is 0 Å². The SMILES string of the molecule is Cc1ccccc1-c1ccccc1C12CCCC34CC(CC5(CC(C1)c1ccccc1-c1ccccc15)C23)c1ccccc1-c1c(-c2ccc(-c3nc(-c5ccccc5)nc(-c5ccccc5)n3)cc2)cccc14. The highest BCUT2D eigenvalue weighted by molar-refractivity contribution is 5.90. The molecule has 3 nitrogen and oxygen atoms in total. The van der Waals surface area contributed by atoms with Crippen molar-refractivity contribution >= 4 is 0 Å². The van der Waals surface area contributed by atoms with Crippen molar-refractivity contribution in [2.24, 2.45) is 5.92 Å². The van der Waals surface area contributed by atoms with E-state index in [1.807, 2.05) is 36.4 Å². The van der Waals surface area contributed by atoms with Crippen molar-refractivity contribution in [3.05, 3.63) is 258 Å². The summed E-state index contributed by atoms with van der Waals surface area (Å²) in [6.45, 7) is 2.31. The van der Waals surface area contributed by atoms with E-state index in [1.165, 1.54) is 81.3 Å². The Labute approximate surface area is 435 Å². The lowest BCUT2D eigenvalue weighted by atomic mass is 9.33. The topological polar surface area (TPSA) is 38.7 Å². The molecule has 0 saturated heterocycles. The Bertz CT molecular complexity index is 3760. The summed E-state index contributed by atoms with van der Waals surface area (Å²) in [4.78, 5) is 15.2. The van der Waals surface area contributed by atoms with Crippen molar-refractivity contribution in [1.82, 2.24) is 15.0 Å². The van der Waals surface area contributed by atoms with Gasteiger partial charge in [-0.15, -0.1) is 0 Å². The van der Waals surface area contributed by atoms with Crippen LogP contribution in [0.15, 0.2) is 224 Å². The number of nitrogens with zero attached hydrogens (tertiary/aromatic N) is 3. The molecule has 0 amide bonds. The number of aromatic nitrogens is 3. The molecule has 0 N–H and O–H groups in total. The van der Waals surface area contributed by atoms with E-state index in [9.17, 15) is 0 Å². The number of hydrogen-bond donors (Lipinski definition) is 0. The molecule has 9 aromatic carbocycles. The van der Waals surface area contributed by atoms with Crippen LogP contribution in [-0.2, 0) is 16.2 Å². The number of benzene rings is 9. The molecule has 3 saturated carbocycles. The Morgan fingerprint density at radius 3 is 1.34 bits per heavy atom. The number of rotatable bonds is 6.